The van der Waals surface area contributed by atoms with Crippen LogP contribution in [0, 0.1) is 11.7 Å². The van der Waals surface area contributed by atoms with Gasteiger partial charge in [-0.2, -0.15) is 0 Å². The number of nitrogens with zero attached hydrogens (tertiary/aromatic N) is 1. The summed E-state index contributed by atoms with van der Waals surface area (Å²) < 4.78 is 13.3. The van der Waals surface area contributed by atoms with Gasteiger partial charge < -0.3 is 15.6 Å². The summed E-state index contributed by atoms with van der Waals surface area (Å²) in [7, 11) is 0. The van der Waals surface area contributed by atoms with E-state index in [9.17, 15) is 9.18 Å². The van der Waals surface area contributed by atoms with E-state index < -0.39 is 5.82 Å². The number of hydrogen-bond donors (Lipinski definition) is 2. The smallest absolute Gasteiger partial charge is 0.273 e. The number of nitrogens with two attached hydrogens (primary N) is 1. The largest absolute Gasteiger partial charge is 0.355 e. The highest BCUT2D eigenvalue weighted by Crippen LogP contribution is 2.23. The van der Waals surface area contributed by atoms with Gasteiger partial charge in [-0.1, -0.05) is 12.8 Å². The van der Waals surface area contributed by atoms with Crippen molar-refractivity contribution in [1.82, 2.24) is 9.88 Å². The Bertz CT molecular complexity index is 419. The van der Waals surface area contributed by atoms with Crippen LogP contribution in [0.5, 0.6) is 0 Å². The van der Waals surface area contributed by atoms with E-state index >= 15 is 0 Å². The van der Waals surface area contributed by atoms with Crippen LogP contribution in [0.25, 0.3) is 0 Å². The van der Waals surface area contributed by atoms with E-state index in [2.05, 4.69) is 4.98 Å². The van der Waals surface area contributed by atoms with Gasteiger partial charge in [0.15, 0.2) is 5.82 Å². The molecule has 1 unspecified atom stereocenters. The highest BCUT2D eigenvalue weighted by atomic mass is 19.1. The van der Waals surface area contributed by atoms with Crippen LogP contribution in [0.4, 0.5) is 4.39 Å². The van der Waals surface area contributed by atoms with Gasteiger partial charge in [0.2, 0.25) is 0 Å². The lowest BCUT2D eigenvalue weighted by Gasteiger charge is -2.15. The van der Waals surface area contributed by atoms with Crippen LogP contribution in [0.2, 0.25) is 0 Å². The van der Waals surface area contributed by atoms with Crippen molar-refractivity contribution in [2.75, 3.05) is 19.6 Å². The number of hydrogen-bond acceptors (Lipinski definition) is 2. The number of unbranched alkanes of at least 4 members (excludes halogenated alkanes) is 2. The van der Waals surface area contributed by atoms with Crippen LogP contribution < -0.4 is 5.73 Å². The molecule has 1 amide bonds. The molecule has 1 aromatic rings. The maximum atomic E-state index is 13.3. The van der Waals surface area contributed by atoms with Crippen LogP contribution >= 0.6 is 0 Å². The molecule has 0 radical (unpaired) electrons. The maximum absolute atomic E-state index is 13.3. The summed E-state index contributed by atoms with van der Waals surface area (Å²) in [5, 5.41) is 0. The number of aromatic amines is 1. The monoisotopic (exact) mass is 267 g/mol. The summed E-state index contributed by atoms with van der Waals surface area (Å²) >= 11 is 0. The molecule has 3 N–H and O–H groups in total. The van der Waals surface area contributed by atoms with Crippen molar-refractivity contribution in [1.29, 1.82) is 0 Å². The summed E-state index contributed by atoms with van der Waals surface area (Å²) in [4.78, 5) is 16.5. The molecular formula is C14H22FN3O. The average molecular weight is 267 g/mol. The third-order valence-electron chi connectivity index (χ3n) is 3.80. The quantitative estimate of drug-likeness (QED) is 0.776. The highest BCUT2D eigenvalue weighted by Gasteiger charge is 2.28. The van der Waals surface area contributed by atoms with E-state index in [-0.39, 0.29) is 11.6 Å². The summed E-state index contributed by atoms with van der Waals surface area (Å²) in [6.45, 7) is 2.24. The Kier molecular flexibility index (Phi) is 4.96. The first-order chi connectivity index (χ1) is 9.22. The zero-order chi connectivity index (χ0) is 13.7. The molecule has 19 heavy (non-hydrogen) atoms. The number of nitrogens with one attached hydrogen (secondary N) is 1. The molecule has 4 nitrogen and oxygen atoms in total. The first-order valence-electron chi connectivity index (χ1n) is 7.04. The van der Waals surface area contributed by atoms with E-state index in [0.717, 1.165) is 45.3 Å². The molecule has 2 rings (SSSR count). The molecule has 1 aromatic heterocycles. The molecule has 5 heteroatoms. The number of H-pyrrole nitrogens is 1. The lowest BCUT2D eigenvalue weighted by Crippen LogP contribution is -2.29. The molecule has 0 spiro atoms. The van der Waals surface area contributed by atoms with Gasteiger partial charge in [-0.15, -0.1) is 0 Å². The minimum atomic E-state index is -0.462. The average Bonchev–Trinajstić information content (AvgIpc) is 3.03. The fraction of sp³-hybridized carbons (Fsp3) is 0.643. The normalized spacial score (nSPS) is 19.1. The lowest BCUT2D eigenvalue weighted by molar-refractivity contribution is 0.0776. The Hall–Kier alpha value is -1.36. The summed E-state index contributed by atoms with van der Waals surface area (Å²) in [5.74, 6) is -0.122. The van der Waals surface area contributed by atoms with Crippen LogP contribution in [0.3, 0.4) is 0 Å². The maximum Gasteiger partial charge on any atom is 0.273 e. The molecule has 0 aromatic carbocycles. The first-order valence-corrected chi connectivity index (χ1v) is 7.04. The van der Waals surface area contributed by atoms with Crippen LogP contribution in [-0.2, 0) is 0 Å². The molecule has 1 aliphatic rings. The molecule has 0 saturated carbocycles. The van der Waals surface area contributed by atoms with Gasteiger partial charge in [0.1, 0.15) is 5.69 Å². The van der Waals surface area contributed by atoms with Crippen molar-refractivity contribution < 1.29 is 9.18 Å². The minimum Gasteiger partial charge on any atom is -0.355 e. The van der Waals surface area contributed by atoms with Gasteiger partial charge in [-0.05, 0) is 37.8 Å². The number of carbonyl (C=O) groups excluding carboxylic acids is 1. The number of rotatable bonds is 6. The second-order valence-electron chi connectivity index (χ2n) is 5.24. The summed E-state index contributed by atoms with van der Waals surface area (Å²) in [6, 6.07) is 1.29. The Morgan fingerprint density at radius 1 is 1.47 bits per heavy atom. The predicted molar refractivity (Wildman–Crippen MR) is 72.3 cm³/mol. The Labute approximate surface area is 113 Å². The predicted octanol–water partition coefficient (Wildman–Crippen LogP) is 2.13. The molecule has 0 bridgehead atoms. The van der Waals surface area contributed by atoms with Crippen molar-refractivity contribution in [2.24, 2.45) is 11.7 Å². The van der Waals surface area contributed by atoms with Crippen LogP contribution in [0.1, 0.15) is 42.6 Å². The number of carbonyl (C=O) groups is 1. The first kappa shape index (κ1) is 14.1. The van der Waals surface area contributed by atoms with Gasteiger partial charge in [0, 0.05) is 19.3 Å². The fourth-order valence-corrected chi connectivity index (χ4v) is 2.68. The van der Waals surface area contributed by atoms with Crippen molar-refractivity contribution in [3.8, 4) is 0 Å². The van der Waals surface area contributed by atoms with Crippen molar-refractivity contribution in [3.05, 3.63) is 23.8 Å². The molecule has 2 heterocycles. The second kappa shape index (κ2) is 6.70. The lowest BCUT2D eigenvalue weighted by atomic mass is 10.0. The van der Waals surface area contributed by atoms with E-state index in [0.29, 0.717) is 5.92 Å². The molecule has 1 saturated heterocycles. The van der Waals surface area contributed by atoms with E-state index in [1.165, 1.54) is 18.7 Å². The van der Waals surface area contributed by atoms with Crippen molar-refractivity contribution in [2.45, 2.75) is 32.1 Å². The molecule has 1 aliphatic heterocycles. The standard InChI is InChI=1S/C14H22FN3O/c15-12-5-8-17-13(12)14(19)18-9-6-11(10-18)4-2-1-3-7-16/h5,8,11,17H,1-4,6-7,9-10,16H2. The second-order valence-corrected chi connectivity index (χ2v) is 5.24. The molecule has 1 fully saturated rings. The van der Waals surface area contributed by atoms with E-state index in [1.807, 2.05) is 0 Å². The molecule has 106 valence electrons. The molecule has 0 aliphatic carbocycles. The van der Waals surface area contributed by atoms with E-state index in [1.54, 1.807) is 4.90 Å². The zero-order valence-corrected chi connectivity index (χ0v) is 11.2. The zero-order valence-electron chi connectivity index (χ0n) is 11.2. The topological polar surface area (TPSA) is 62.1 Å². The Balaban J connectivity index is 1.78. The van der Waals surface area contributed by atoms with Gasteiger partial charge in [-0.25, -0.2) is 4.39 Å². The van der Waals surface area contributed by atoms with Crippen LogP contribution in [0.15, 0.2) is 12.3 Å². The van der Waals surface area contributed by atoms with Crippen LogP contribution in [-0.4, -0.2) is 35.4 Å². The van der Waals surface area contributed by atoms with Gasteiger partial charge in [-0.3, -0.25) is 4.79 Å². The Morgan fingerprint density at radius 3 is 3.00 bits per heavy atom. The highest BCUT2D eigenvalue weighted by molar-refractivity contribution is 5.92. The number of amides is 1. The third kappa shape index (κ3) is 3.56. The molecule has 1 atom stereocenters. The number of likely N-dealkylation sites (tertiary alicyclic amines) is 1. The summed E-state index contributed by atoms with van der Waals surface area (Å²) in [5.41, 5.74) is 5.55. The van der Waals surface area contributed by atoms with Gasteiger partial charge >= 0.3 is 0 Å². The Morgan fingerprint density at radius 2 is 2.32 bits per heavy atom. The molecular weight excluding hydrogens is 245 g/mol. The number of aromatic nitrogens is 1. The summed E-state index contributed by atoms with van der Waals surface area (Å²) in [6.07, 6.45) is 7.02. The number of halogens is 1. The minimum absolute atomic E-state index is 0.0868. The van der Waals surface area contributed by atoms with Gasteiger partial charge in [0.25, 0.3) is 5.91 Å². The van der Waals surface area contributed by atoms with Gasteiger partial charge in [0.05, 0.1) is 0 Å². The fourth-order valence-electron chi connectivity index (χ4n) is 2.68. The van der Waals surface area contributed by atoms with E-state index in [4.69, 9.17) is 5.73 Å². The third-order valence-corrected chi connectivity index (χ3v) is 3.80. The van der Waals surface area contributed by atoms with Crippen molar-refractivity contribution >= 4 is 5.91 Å². The SMILES string of the molecule is NCCCCCC1CCN(C(=O)c2[nH]ccc2F)C1. The van der Waals surface area contributed by atoms with Crippen molar-refractivity contribution in [3.63, 3.8) is 0 Å².